The first kappa shape index (κ1) is 20.0. The van der Waals surface area contributed by atoms with Crippen LogP contribution in [0.15, 0.2) is 95.9 Å². The van der Waals surface area contributed by atoms with E-state index in [0.717, 1.165) is 29.3 Å². The Morgan fingerprint density at radius 3 is 1.79 bits per heavy atom. The maximum absolute atomic E-state index is 11.6. The van der Waals surface area contributed by atoms with E-state index in [2.05, 4.69) is 78.6 Å². The zero-order valence-electron chi connectivity index (χ0n) is 16.7. The Kier molecular flexibility index (Phi) is 6.19. The van der Waals surface area contributed by atoms with Gasteiger partial charge >= 0.3 is 0 Å². The maximum atomic E-state index is 11.6. The number of thioether (sulfide) groups is 1. The topological polar surface area (TPSA) is 23.5 Å². The first-order chi connectivity index (χ1) is 14.1. The lowest BCUT2D eigenvalue weighted by molar-refractivity contribution is -0.00126. The predicted octanol–water partition coefficient (Wildman–Crippen LogP) is 5.60. The molecule has 3 aromatic rings. The summed E-state index contributed by atoms with van der Waals surface area (Å²) in [7, 11) is 0. The van der Waals surface area contributed by atoms with Crippen LogP contribution in [0, 0.1) is 0 Å². The van der Waals surface area contributed by atoms with Gasteiger partial charge in [-0.25, -0.2) is 0 Å². The number of rotatable bonds is 7. The lowest BCUT2D eigenvalue weighted by atomic mass is 9.92. The van der Waals surface area contributed by atoms with Gasteiger partial charge in [0.15, 0.2) is 0 Å². The zero-order valence-corrected chi connectivity index (χ0v) is 17.6. The van der Waals surface area contributed by atoms with Crippen molar-refractivity contribution < 1.29 is 5.11 Å². The van der Waals surface area contributed by atoms with E-state index in [9.17, 15) is 5.11 Å². The molecule has 1 heterocycles. The van der Waals surface area contributed by atoms with Crippen LogP contribution in [0.1, 0.15) is 23.6 Å². The molecule has 0 bridgehead atoms. The van der Waals surface area contributed by atoms with Crippen molar-refractivity contribution in [2.24, 2.45) is 0 Å². The molecule has 0 spiro atoms. The second-order valence-electron chi connectivity index (χ2n) is 7.68. The fourth-order valence-corrected chi connectivity index (χ4v) is 5.00. The molecule has 1 saturated heterocycles. The molecular weight excluding hydrogens is 374 g/mol. The third-order valence-corrected chi connectivity index (χ3v) is 7.03. The Bertz CT molecular complexity index is 901. The largest absolute Gasteiger partial charge is 0.382 e. The standard InChI is InChI=1S/C26H27NOS/c1-21(26(28)20-29-25(26)17-22-11-5-2-6-12-22)27(18-23-13-7-3-8-14-23)19-24-15-9-4-10-16-24/h2-17,21,28H,18-20H2,1H3/b25-17-/t21-,26?/m0/s1. The highest BCUT2D eigenvalue weighted by atomic mass is 32.2. The summed E-state index contributed by atoms with van der Waals surface area (Å²) in [6.45, 7) is 3.77. The molecule has 4 rings (SSSR count). The van der Waals surface area contributed by atoms with Crippen LogP contribution >= 0.6 is 11.8 Å². The summed E-state index contributed by atoms with van der Waals surface area (Å²) in [5.41, 5.74) is 2.85. The minimum atomic E-state index is -0.815. The summed E-state index contributed by atoms with van der Waals surface area (Å²) < 4.78 is 0. The van der Waals surface area contributed by atoms with Crippen LogP contribution in [-0.2, 0) is 13.1 Å². The molecule has 2 atom stereocenters. The quantitative estimate of drug-likeness (QED) is 0.558. The van der Waals surface area contributed by atoms with Gasteiger partial charge < -0.3 is 5.11 Å². The summed E-state index contributed by atoms with van der Waals surface area (Å²) in [4.78, 5) is 3.45. The molecule has 1 aliphatic heterocycles. The minimum absolute atomic E-state index is 0.000811. The van der Waals surface area contributed by atoms with Gasteiger partial charge in [-0.15, -0.1) is 11.8 Å². The lowest BCUT2D eigenvalue weighted by Gasteiger charge is -2.48. The number of nitrogens with zero attached hydrogens (tertiary/aromatic N) is 1. The van der Waals surface area contributed by atoms with E-state index < -0.39 is 5.60 Å². The predicted molar refractivity (Wildman–Crippen MR) is 123 cm³/mol. The number of hydrogen-bond acceptors (Lipinski definition) is 3. The minimum Gasteiger partial charge on any atom is -0.382 e. The molecule has 29 heavy (non-hydrogen) atoms. The summed E-state index contributed by atoms with van der Waals surface area (Å²) in [5.74, 6) is 0.729. The maximum Gasteiger partial charge on any atom is 0.120 e. The van der Waals surface area contributed by atoms with Crippen LogP contribution in [0.3, 0.4) is 0 Å². The molecule has 1 N–H and O–H groups in total. The third-order valence-electron chi connectivity index (χ3n) is 5.67. The van der Waals surface area contributed by atoms with Crippen LogP contribution < -0.4 is 0 Å². The second kappa shape index (κ2) is 9.00. The molecule has 148 valence electrons. The SMILES string of the molecule is C[C@H](N(Cc1ccccc1)Cc1ccccc1)C1(O)CS/C1=C\c1ccccc1. The van der Waals surface area contributed by atoms with E-state index >= 15 is 0 Å². The smallest absolute Gasteiger partial charge is 0.120 e. The van der Waals surface area contributed by atoms with Crippen molar-refractivity contribution in [1.82, 2.24) is 4.90 Å². The highest BCUT2D eigenvalue weighted by Crippen LogP contribution is 2.47. The first-order valence-corrected chi connectivity index (χ1v) is 11.1. The Labute approximate surface area is 177 Å². The van der Waals surface area contributed by atoms with Crippen LogP contribution in [0.4, 0.5) is 0 Å². The average Bonchev–Trinajstić information content (AvgIpc) is 2.77. The molecule has 0 aliphatic carbocycles. The van der Waals surface area contributed by atoms with E-state index in [1.54, 1.807) is 11.8 Å². The van der Waals surface area contributed by atoms with Crippen molar-refractivity contribution in [1.29, 1.82) is 0 Å². The van der Waals surface area contributed by atoms with Gasteiger partial charge in [-0.2, -0.15) is 0 Å². The zero-order chi connectivity index (χ0) is 20.1. The molecule has 1 fully saturated rings. The monoisotopic (exact) mass is 401 g/mol. The van der Waals surface area contributed by atoms with Gasteiger partial charge in [0, 0.05) is 29.8 Å². The van der Waals surface area contributed by atoms with E-state index in [1.165, 1.54) is 11.1 Å². The number of hydrogen-bond donors (Lipinski definition) is 1. The second-order valence-corrected chi connectivity index (χ2v) is 8.70. The van der Waals surface area contributed by atoms with Crippen LogP contribution in [0.2, 0.25) is 0 Å². The van der Waals surface area contributed by atoms with Crippen molar-refractivity contribution >= 4 is 17.8 Å². The van der Waals surface area contributed by atoms with Crippen LogP contribution in [-0.4, -0.2) is 27.4 Å². The average molecular weight is 402 g/mol. The summed E-state index contributed by atoms with van der Waals surface area (Å²) in [6.07, 6.45) is 2.13. The van der Waals surface area contributed by atoms with Crippen molar-refractivity contribution in [2.45, 2.75) is 31.7 Å². The highest BCUT2D eigenvalue weighted by molar-refractivity contribution is 8.05. The molecule has 0 aromatic heterocycles. The van der Waals surface area contributed by atoms with Crippen molar-refractivity contribution in [3.63, 3.8) is 0 Å². The van der Waals surface area contributed by atoms with Gasteiger partial charge in [0.1, 0.15) is 5.60 Å². The van der Waals surface area contributed by atoms with Gasteiger partial charge in [0.2, 0.25) is 0 Å². The lowest BCUT2D eigenvalue weighted by Crippen LogP contribution is -2.57. The summed E-state index contributed by atoms with van der Waals surface area (Å²) in [5, 5.41) is 11.6. The summed E-state index contributed by atoms with van der Waals surface area (Å²) in [6, 6.07) is 31.3. The van der Waals surface area contributed by atoms with E-state index in [4.69, 9.17) is 0 Å². The molecule has 1 unspecified atom stereocenters. The Hall–Kier alpha value is -2.33. The van der Waals surface area contributed by atoms with E-state index in [0.29, 0.717) is 0 Å². The van der Waals surface area contributed by atoms with E-state index in [-0.39, 0.29) is 6.04 Å². The van der Waals surface area contributed by atoms with Crippen molar-refractivity contribution in [3.05, 3.63) is 113 Å². The van der Waals surface area contributed by atoms with Gasteiger partial charge in [-0.1, -0.05) is 91.0 Å². The molecule has 3 heteroatoms. The summed E-state index contributed by atoms with van der Waals surface area (Å²) >= 11 is 1.75. The fraction of sp³-hybridized carbons (Fsp3) is 0.231. The molecule has 0 radical (unpaired) electrons. The molecule has 2 nitrogen and oxygen atoms in total. The molecule has 3 aromatic carbocycles. The first-order valence-electron chi connectivity index (χ1n) is 10.1. The Balaban J connectivity index is 1.59. The highest BCUT2D eigenvalue weighted by Gasteiger charge is 2.47. The van der Waals surface area contributed by atoms with Gasteiger partial charge in [-0.3, -0.25) is 4.90 Å². The molecule has 0 amide bonds. The fourth-order valence-electron chi connectivity index (χ4n) is 3.76. The third kappa shape index (κ3) is 4.64. The van der Waals surface area contributed by atoms with Gasteiger partial charge in [0.25, 0.3) is 0 Å². The molecule has 1 aliphatic rings. The van der Waals surface area contributed by atoms with Crippen molar-refractivity contribution in [2.75, 3.05) is 5.75 Å². The van der Waals surface area contributed by atoms with Gasteiger partial charge in [-0.05, 0) is 29.7 Å². The van der Waals surface area contributed by atoms with Crippen molar-refractivity contribution in [3.8, 4) is 0 Å². The van der Waals surface area contributed by atoms with Crippen LogP contribution in [0.25, 0.3) is 6.08 Å². The normalized spacial score (nSPS) is 21.1. The van der Waals surface area contributed by atoms with Gasteiger partial charge in [0.05, 0.1) is 0 Å². The number of aliphatic hydroxyl groups is 1. The Morgan fingerprint density at radius 1 is 0.862 bits per heavy atom. The van der Waals surface area contributed by atoms with Crippen LogP contribution in [0.5, 0.6) is 0 Å². The number of benzene rings is 3. The van der Waals surface area contributed by atoms with E-state index in [1.807, 2.05) is 30.3 Å². The molecular formula is C26H27NOS. The molecule has 0 saturated carbocycles. The Morgan fingerprint density at radius 2 is 1.34 bits per heavy atom.